The minimum atomic E-state index is -5.73. The van der Waals surface area contributed by atoms with Gasteiger partial charge in [-0.05, 0) is 38.1 Å². The molecule has 0 heterocycles. The van der Waals surface area contributed by atoms with Gasteiger partial charge in [-0.2, -0.15) is 8.42 Å². The zero-order chi connectivity index (χ0) is 26.8. The monoisotopic (exact) mass is 553 g/mol. The Morgan fingerprint density at radius 3 is 1.61 bits per heavy atom. The van der Waals surface area contributed by atoms with Crippen LogP contribution in [0.5, 0.6) is 0 Å². The molecule has 0 spiro atoms. The minimum Gasteiger partial charge on any atom is -0.294 e. The Morgan fingerprint density at radius 1 is 0.750 bits per heavy atom. The zero-order valence-corrected chi connectivity index (χ0v) is 21.8. The number of ketones is 1. The van der Waals surface area contributed by atoms with E-state index in [9.17, 15) is 30.0 Å². The third-order valence-electron chi connectivity index (χ3n) is 5.40. The summed E-state index contributed by atoms with van der Waals surface area (Å²) in [7, 11) is -16.1. The van der Waals surface area contributed by atoms with Gasteiger partial charge in [0.2, 0.25) is 0 Å². The second-order valence-corrected chi connectivity index (χ2v) is 15.7. The topological polar surface area (TPSA) is 123 Å². The summed E-state index contributed by atoms with van der Waals surface area (Å²) >= 11 is 0. The molecule has 0 aliphatic rings. The normalized spacial score (nSPS) is 13.9. The fourth-order valence-electron chi connectivity index (χ4n) is 3.40. The van der Waals surface area contributed by atoms with Crippen molar-refractivity contribution >= 4 is 33.7 Å². The van der Waals surface area contributed by atoms with Gasteiger partial charge in [-0.3, -0.25) is 4.79 Å². The lowest BCUT2D eigenvalue weighted by Gasteiger charge is -2.30. The van der Waals surface area contributed by atoms with Gasteiger partial charge in [0.25, 0.3) is 18.9 Å². The van der Waals surface area contributed by atoms with Crippen LogP contribution in [0.3, 0.4) is 0 Å². The first-order valence-corrected chi connectivity index (χ1v) is 15.5. The number of carbonyl (C=O) groups is 1. The summed E-state index contributed by atoms with van der Waals surface area (Å²) in [5.74, 6) is -2.75. The van der Waals surface area contributed by atoms with Crippen LogP contribution in [0.4, 0.5) is 4.39 Å². The Bertz CT molecular complexity index is 1540. The number of benzene rings is 3. The van der Waals surface area contributed by atoms with Gasteiger partial charge in [0.15, 0.2) is 5.78 Å². The predicted octanol–water partition coefficient (Wildman–Crippen LogP) is 3.64. The van der Waals surface area contributed by atoms with E-state index in [1.807, 2.05) is 0 Å². The second kappa shape index (κ2) is 10.2. The maximum Gasteiger partial charge on any atom is 0.337 e. The van der Waals surface area contributed by atoms with Gasteiger partial charge >= 0.3 is 9.06 Å². The van der Waals surface area contributed by atoms with Gasteiger partial charge in [-0.25, -0.2) is 21.2 Å². The van der Waals surface area contributed by atoms with Crippen molar-refractivity contribution in [3.05, 3.63) is 96.6 Å². The van der Waals surface area contributed by atoms with Gasteiger partial charge in [0.05, 0.1) is 15.7 Å². The summed E-state index contributed by atoms with van der Waals surface area (Å²) in [5.41, 5.74) is -2.42. The summed E-state index contributed by atoms with van der Waals surface area (Å²) in [6.07, 6.45) is 0. The van der Waals surface area contributed by atoms with Crippen LogP contribution < -0.4 is 0 Å². The van der Waals surface area contributed by atoms with E-state index >= 15 is 4.39 Å². The highest BCUT2D eigenvalue weighted by atomic mass is 33.2. The number of nitrogens with zero attached hydrogens (tertiary/aromatic N) is 1. The molecule has 0 saturated heterocycles. The van der Waals surface area contributed by atoms with Gasteiger partial charge in [0.1, 0.15) is 5.67 Å². The van der Waals surface area contributed by atoms with Crippen molar-refractivity contribution in [2.75, 3.05) is 6.54 Å². The lowest BCUT2D eigenvalue weighted by molar-refractivity contribution is 0.0681. The van der Waals surface area contributed by atoms with E-state index in [0.717, 1.165) is 38.1 Å². The largest absolute Gasteiger partial charge is 0.337 e. The highest BCUT2D eigenvalue weighted by Crippen LogP contribution is 2.33. The molecule has 0 radical (unpaired) electrons. The van der Waals surface area contributed by atoms with Gasteiger partial charge in [-0.1, -0.05) is 70.4 Å². The summed E-state index contributed by atoms with van der Waals surface area (Å²) in [4.78, 5) is 12.0. The molecule has 12 heteroatoms. The van der Waals surface area contributed by atoms with E-state index in [0.29, 0.717) is 0 Å². The van der Waals surface area contributed by atoms with Gasteiger partial charge < -0.3 is 0 Å². The first kappa shape index (κ1) is 27.7. The van der Waals surface area contributed by atoms with E-state index < -0.39 is 61.7 Å². The number of hydrogen-bond acceptors (Lipinski definition) is 7. The molecule has 0 fully saturated rings. The van der Waals surface area contributed by atoms with E-state index in [-0.39, 0.29) is 9.27 Å². The van der Waals surface area contributed by atoms with Crippen LogP contribution in [0.2, 0.25) is 0 Å². The molecule has 0 bridgehead atoms. The fourth-order valence-corrected chi connectivity index (χ4v) is 10.3. The molecule has 36 heavy (non-hydrogen) atoms. The molecule has 3 aromatic carbocycles. The molecule has 0 aliphatic carbocycles. The Labute approximate surface area is 209 Å². The first-order chi connectivity index (χ1) is 16.7. The molecule has 3 rings (SSSR count). The molecule has 192 valence electrons. The zero-order valence-electron chi connectivity index (χ0n) is 19.4. The number of Topliss-reactive ketones (excluding diaryl/α,β-unsaturated/α-hetero) is 1. The number of hydrogen-bond donors (Lipinski definition) is 0. The van der Waals surface area contributed by atoms with E-state index in [1.54, 1.807) is 6.07 Å². The number of sulfonamides is 1. The van der Waals surface area contributed by atoms with Crippen molar-refractivity contribution in [1.29, 1.82) is 0 Å². The van der Waals surface area contributed by atoms with Crippen molar-refractivity contribution in [3.63, 3.8) is 0 Å². The Hall–Kier alpha value is -2.93. The highest BCUT2D eigenvalue weighted by Gasteiger charge is 2.49. The summed E-state index contributed by atoms with van der Waals surface area (Å²) in [5, 5.41) is 0. The summed E-state index contributed by atoms with van der Waals surface area (Å²) in [6, 6.07) is 19.6. The average Bonchev–Trinajstić information content (AvgIpc) is 2.84. The quantitative estimate of drug-likeness (QED) is 0.277. The van der Waals surface area contributed by atoms with Crippen molar-refractivity contribution < 1.29 is 34.4 Å². The number of alkyl halides is 1. The predicted molar refractivity (Wildman–Crippen MR) is 132 cm³/mol. The Kier molecular flexibility index (Phi) is 7.84. The second-order valence-electron chi connectivity index (χ2n) is 8.35. The minimum absolute atomic E-state index is 0.00796. The maximum atomic E-state index is 15.4. The van der Waals surface area contributed by atoms with Crippen molar-refractivity contribution in [3.8, 4) is 0 Å². The Balaban J connectivity index is 2.24. The smallest absolute Gasteiger partial charge is 0.294 e. The SMILES string of the molecule is CC(C)(F)C(CN(S(=O)(=O)c1ccccc1)S(=O)(=O)S(=O)(=O)c1ccccc1)C(=O)c1ccccc1. The third kappa shape index (κ3) is 5.41. The number of halogens is 1. The molecule has 3 aromatic rings. The number of carbonyl (C=O) groups excluding carboxylic acids is 1. The third-order valence-corrected chi connectivity index (χ3v) is 13.2. The molecule has 8 nitrogen and oxygen atoms in total. The molecule has 0 saturated carbocycles. The van der Waals surface area contributed by atoms with Crippen LogP contribution >= 0.6 is 0 Å². The van der Waals surface area contributed by atoms with Gasteiger partial charge in [-0.15, -0.1) is 0 Å². The molecule has 0 N–H and O–H groups in total. The molecule has 1 atom stereocenters. The lowest BCUT2D eigenvalue weighted by Crippen LogP contribution is -2.48. The summed E-state index contributed by atoms with van der Waals surface area (Å²) in [6.45, 7) is 0.705. The standard InChI is InChI=1S/C24H24FNO7S3/c1-24(2,25)22(23(27)19-12-6-3-7-13-19)18-26(34(28,29)20-14-8-4-9-15-20)36(32,33)35(30,31)21-16-10-5-11-17-21/h3-17,22H,18H2,1-2H3. The Morgan fingerprint density at radius 2 is 1.17 bits per heavy atom. The van der Waals surface area contributed by atoms with Crippen molar-refractivity contribution in [2.45, 2.75) is 29.3 Å². The molecule has 0 aromatic heterocycles. The van der Waals surface area contributed by atoms with E-state index in [1.165, 1.54) is 60.7 Å². The summed E-state index contributed by atoms with van der Waals surface area (Å²) < 4.78 is 95.5. The first-order valence-electron chi connectivity index (χ1n) is 10.6. The van der Waals surface area contributed by atoms with E-state index in [2.05, 4.69) is 0 Å². The van der Waals surface area contributed by atoms with Crippen molar-refractivity contribution in [1.82, 2.24) is 3.71 Å². The molecule has 1 unspecified atom stereocenters. The van der Waals surface area contributed by atoms with Crippen molar-refractivity contribution in [2.24, 2.45) is 5.92 Å². The van der Waals surface area contributed by atoms with Crippen LogP contribution in [0.15, 0.2) is 101 Å². The average molecular weight is 554 g/mol. The lowest BCUT2D eigenvalue weighted by atomic mass is 9.86. The fraction of sp³-hybridized carbons (Fsp3) is 0.208. The van der Waals surface area contributed by atoms with Crippen LogP contribution in [0.1, 0.15) is 24.2 Å². The molecular weight excluding hydrogens is 529 g/mol. The highest BCUT2D eigenvalue weighted by molar-refractivity contribution is 8.67. The van der Waals surface area contributed by atoms with Crippen LogP contribution in [0, 0.1) is 5.92 Å². The molecular formula is C24H24FNO7S3. The van der Waals surface area contributed by atoms with Crippen LogP contribution in [0.25, 0.3) is 0 Å². The van der Waals surface area contributed by atoms with Gasteiger partial charge in [0, 0.05) is 12.1 Å². The number of rotatable bonds is 10. The maximum absolute atomic E-state index is 15.4. The molecule has 0 aliphatic heterocycles. The van der Waals surface area contributed by atoms with Crippen LogP contribution in [-0.4, -0.2) is 47.0 Å². The molecule has 0 amide bonds. The van der Waals surface area contributed by atoms with E-state index in [4.69, 9.17) is 0 Å². The van der Waals surface area contributed by atoms with Crippen LogP contribution in [-0.2, 0) is 27.9 Å².